The lowest BCUT2D eigenvalue weighted by atomic mass is 9.79. The fourth-order valence-corrected chi connectivity index (χ4v) is 5.53. The van der Waals surface area contributed by atoms with Crippen molar-refractivity contribution >= 4 is 17.7 Å². The summed E-state index contributed by atoms with van der Waals surface area (Å²) in [5.41, 5.74) is 3.07. The van der Waals surface area contributed by atoms with Crippen LogP contribution in [0.3, 0.4) is 0 Å². The quantitative estimate of drug-likeness (QED) is 0.455. The normalized spacial score (nSPS) is 19.5. The molecular weight excluding hydrogens is 436 g/mol. The lowest BCUT2D eigenvalue weighted by molar-refractivity contribution is -0.136. The molecule has 0 spiro atoms. The summed E-state index contributed by atoms with van der Waals surface area (Å²) < 4.78 is 0. The molecule has 2 aliphatic rings. The van der Waals surface area contributed by atoms with Gasteiger partial charge in [-0.15, -0.1) is 0 Å². The minimum atomic E-state index is -0.386. The molecule has 0 saturated heterocycles. The first-order chi connectivity index (χ1) is 17.1. The van der Waals surface area contributed by atoms with E-state index >= 15 is 0 Å². The first-order valence-corrected chi connectivity index (χ1v) is 12.4. The Morgan fingerprint density at radius 1 is 0.743 bits per heavy atom. The van der Waals surface area contributed by atoms with E-state index in [0.717, 1.165) is 42.6 Å². The zero-order valence-corrected chi connectivity index (χ0v) is 19.8. The molecule has 0 aromatic heterocycles. The molecule has 0 radical (unpaired) electrons. The van der Waals surface area contributed by atoms with Crippen LogP contribution in [0, 0.1) is 5.92 Å². The van der Waals surface area contributed by atoms with Crippen molar-refractivity contribution in [2.24, 2.45) is 5.92 Å². The summed E-state index contributed by atoms with van der Waals surface area (Å²) in [7, 11) is 0. The Kier molecular flexibility index (Phi) is 6.75. The lowest BCUT2D eigenvalue weighted by Crippen LogP contribution is -2.50. The number of imide groups is 1. The molecule has 1 heterocycles. The molecule has 35 heavy (non-hydrogen) atoms. The van der Waals surface area contributed by atoms with Gasteiger partial charge in [0.15, 0.2) is 0 Å². The molecule has 3 amide bonds. The Morgan fingerprint density at radius 2 is 1.29 bits per heavy atom. The van der Waals surface area contributed by atoms with Gasteiger partial charge in [-0.3, -0.25) is 19.3 Å². The van der Waals surface area contributed by atoms with Crippen LogP contribution in [0.4, 0.5) is 0 Å². The van der Waals surface area contributed by atoms with E-state index in [1.165, 1.54) is 5.56 Å². The van der Waals surface area contributed by atoms with Gasteiger partial charge in [0.25, 0.3) is 11.8 Å². The van der Waals surface area contributed by atoms with Crippen molar-refractivity contribution in [1.29, 1.82) is 0 Å². The first kappa shape index (κ1) is 23.0. The highest BCUT2D eigenvalue weighted by atomic mass is 16.2. The Labute approximate surface area is 206 Å². The Bertz CT molecular complexity index is 1170. The van der Waals surface area contributed by atoms with Crippen molar-refractivity contribution < 1.29 is 14.4 Å². The van der Waals surface area contributed by atoms with E-state index in [9.17, 15) is 14.4 Å². The smallest absolute Gasteiger partial charge is 0.262 e. The maximum Gasteiger partial charge on any atom is 0.262 e. The van der Waals surface area contributed by atoms with E-state index in [0.29, 0.717) is 23.6 Å². The van der Waals surface area contributed by atoms with Gasteiger partial charge < -0.3 is 4.90 Å². The van der Waals surface area contributed by atoms with Crippen molar-refractivity contribution in [2.45, 2.75) is 44.7 Å². The molecule has 1 fully saturated rings. The van der Waals surface area contributed by atoms with Crippen LogP contribution in [0.1, 0.15) is 57.5 Å². The van der Waals surface area contributed by atoms with Gasteiger partial charge in [0.2, 0.25) is 5.91 Å². The van der Waals surface area contributed by atoms with E-state index in [1.54, 1.807) is 24.3 Å². The third kappa shape index (κ3) is 4.90. The van der Waals surface area contributed by atoms with Crippen LogP contribution in [0.15, 0.2) is 84.9 Å². The van der Waals surface area contributed by atoms with E-state index in [4.69, 9.17) is 0 Å². The van der Waals surface area contributed by atoms with Gasteiger partial charge in [-0.1, -0.05) is 85.6 Å². The standard InChI is InChI=1S/C30H30N2O3/c33-28(21-32-29(34)25-16-8-9-17-26(25)30(32)35)31(20-23-13-5-2-6-14-23)27-18-10-7-15-24(27)19-22-11-3-1-4-12-22/h1-6,8-9,11-14,16-17,24,27H,7,10,15,18-21H2/t24-,27+/m0/s1. The maximum absolute atomic E-state index is 13.8. The molecule has 0 N–H and O–H groups in total. The predicted molar refractivity (Wildman–Crippen MR) is 135 cm³/mol. The van der Waals surface area contributed by atoms with Gasteiger partial charge in [0.05, 0.1) is 11.1 Å². The van der Waals surface area contributed by atoms with E-state index in [-0.39, 0.29) is 30.3 Å². The maximum atomic E-state index is 13.8. The molecule has 2 atom stereocenters. The summed E-state index contributed by atoms with van der Waals surface area (Å²) >= 11 is 0. The summed E-state index contributed by atoms with van der Waals surface area (Å²) in [4.78, 5) is 42.7. The number of rotatable bonds is 7. The molecule has 5 heteroatoms. The molecule has 1 aliphatic heterocycles. The van der Waals surface area contributed by atoms with Crippen LogP contribution >= 0.6 is 0 Å². The van der Waals surface area contributed by atoms with Crippen molar-refractivity contribution in [3.05, 3.63) is 107 Å². The van der Waals surface area contributed by atoms with Gasteiger partial charge in [-0.05, 0) is 48.4 Å². The number of nitrogens with zero attached hydrogens (tertiary/aromatic N) is 2. The van der Waals surface area contributed by atoms with Crippen molar-refractivity contribution in [3.8, 4) is 0 Å². The number of hydrogen-bond donors (Lipinski definition) is 0. The average Bonchev–Trinajstić information content (AvgIpc) is 3.14. The van der Waals surface area contributed by atoms with Crippen molar-refractivity contribution in [3.63, 3.8) is 0 Å². The van der Waals surface area contributed by atoms with E-state index in [1.807, 2.05) is 41.3 Å². The van der Waals surface area contributed by atoms with Crippen LogP contribution in [0.25, 0.3) is 0 Å². The molecule has 5 rings (SSSR count). The number of carbonyl (C=O) groups is 3. The minimum absolute atomic E-state index is 0.0619. The topological polar surface area (TPSA) is 57.7 Å². The number of amides is 3. The van der Waals surface area contributed by atoms with E-state index < -0.39 is 0 Å². The third-order valence-corrected chi connectivity index (χ3v) is 7.30. The van der Waals surface area contributed by atoms with Gasteiger partial charge >= 0.3 is 0 Å². The van der Waals surface area contributed by atoms with Crippen molar-refractivity contribution in [2.75, 3.05) is 6.54 Å². The summed E-state index contributed by atoms with van der Waals surface area (Å²) in [5, 5.41) is 0. The van der Waals surface area contributed by atoms with Gasteiger partial charge in [-0.25, -0.2) is 0 Å². The SMILES string of the molecule is O=C1c2ccccc2C(=O)N1CC(=O)N(Cc1ccccc1)[C@@H]1CCCC[C@H]1Cc1ccccc1. The van der Waals surface area contributed by atoms with Crippen molar-refractivity contribution in [1.82, 2.24) is 9.80 Å². The molecule has 5 nitrogen and oxygen atoms in total. The van der Waals surface area contributed by atoms with Gasteiger partial charge in [0.1, 0.15) is 6.54 Å². The Balaban J connectivity index is 1.41. The molecule has 0 unspecified atom stereocenters. The summed E-state index contributed by atoms with van der Waals surface area (Å²) in [6.07, 6.45) is 5.13. The Morgan fingerprint density at radius 3 is 1.91 bits per heavy atom. The highest BCUT2D eigenvalue weighted by Crippen LogP contribution is 2.33. The molecule has 3 aromatic carbocycles. The van der Waals surface area contributed by atoms with Crippen LogP contribution in [0.2, 0.25) is 0 Å². The number of hydrogen-bond acceptors (Lipinski definition) is 3. The lowest BCUT2D eigenvalue weighted by Gasteiger charge is -2.41. The van der Waals surface area contributed by atoms with Crippen LogP contribution in [-0.2, 0) is 17.8 Å². The zero-order chi connectivity index (χ0) is 24.2. The predicted octanol–water partition coefficient (Wildman–Crippen LogP) is 5.11. The molecule has 3 aromatic rings. The molecular formula is C30H30N2O3. The third-order valence-electron chi connectivity index (χ3n) is 7.30. The summed E-state index contributed by atoms with van der Waals surface area (Å²) in [5.74, 6) is -0.611. The highest BCUT2D eigenvalue weighted by molar-refractivity contribution is 6.22. The second-order valence-electron chi connectivity index (χ2n) is 9.55. The molecule has 178 valence electrons. The largest absolute Gasteiger partial charge is 0.334 e. The van der Waals surface area contributed by atoms with E-state index in [2.05, 4.69) is 24.3 Å². The minimum Gasteiger partial charge on any atom is -0.334 e. The Hall–Kier alpha value is -3.73. The monoisotopic (exact) mass is 466 g/mol. The summed E-state index contributed by atoms with van der Waals surface area (Å²) in [6.45, 7) is 0.243. The van der Waals surface area contributed by atoms with Crippen LogP contribution in [-0.4, -0.2) is 40.1 Å². The van der Waals surface area contributed by atoms with Gasteiger partial charge in [-0.2, -0.15) is 0 Å². The van der Waals surface area contributed by atoms with Crippen LogP contribution in [0.5, 0.6) is 0 Å². The fourth-order valence-electron chi connectivity index (χ4n) is 5.53. The molecule has 1 aliphatic carbocycles. The zero-order valence-electron chi connectivity index (χ0n) is 19.8. The number of benzene rings is 3. The second kappa shape index (κ2) is 10.3. The van der Waals surface area contributed by atoms with Crippen LogP contribution < -0.4 is 0 Å². The highest BCUT2D eigenvalue weighted by Gasteiger charge is 2.39. The molecule has 0 bridgehead atoms. The van der Waals surface area contributed by atoms with Gasteiger partial charge in [0, 0.05) is 12.6 Å². The fraction of sp³-hybridized carbons (Fsp3) is 0.300. The number of carbonyl (C=O) groups excluding carboxylic acids is 3. The first-order valence-electron chi connectivity index (χ1n) is 12.4. The number of fused-ring (bicyclic) bond motifs is 1. The average molecular weight is 467 g/mol. The molecule has 1 saturated carbocycles. The second-order valence-corrected chi connectivity index (χ2v) is 9.55. The summed E-state index contributed by atoms with van der Waals surface area (Å²) in [6, 6.07) is 27.3.